The van der Waals surface area contributed by atoms with E-state index >= 15 is 0 Å². The number of hydrogen-bond acceptors (Lipinski definition) is 3. The van der Waals surface area contributed by atoms with Crippen molar-refractivity contribution in [3.63, 3.8) is 0 Å². The van der Waals surface area contributed by atoms with Crippen molar-refractivity contribution in [2.24, 2.45) is 5.92 Å². The molecule has 0 aliphatic rings. The maximum absolute atomic E-state index is 11.9. The molecule has 0 spiro atoms. The second kappa shape index (κ2) is 12.3. The Labute approximate surface area is 148 Å². The minimum absolute atomic E-state index is 0.128. The molecule has 0 amide bonds. The molecule has 0 aromatic rings. The molecule has 0 aliphatic carbocycles. The number of carboxylic acid groups (broad SMARTS) is 1. The van der Waals surface area contributed by atoms with Crippen LogP contribution in [0.5, 0.6) is 0 Å². The first-order valence-corrected chi connectivity index (χ1v) is 9.32. The van der Waals surface area contributed by atoms with Crippen LogP contribution in [0.1, 0.15) is 71.6 Å². The van der Waals surface area contributed by atoms with E-state index in [0.717, 1.165) is 25.2 Å². The molecule has 0 aromatic heterocycles. The molecule has 0 bridgehead atoms. The lowest BCUT2D eigenvalue weighted by molar-refractivity contribution is -0.873. The number of unbranched alkanes of at least 4 members (excludes halogenated alkanes) is 5. The number of ether oxygens (including phenoxy) is 1. The highest BCUT2D eigenvalue weighted by Gasteiger charge is 2.24. The molecular weight excluding hydrogens is 306 g/mol. The van der Waals surface area contributed by atoms with E-state index in [4.69, 9.17) is 9.84 Å². The molecule has 0 radical (unpaired) electrons. The van der Waals surface area contributed by atoms with Gasteiger partial charge in [0, 0.05) is 6.42 Å². The molecule has 1 atom stereocenters. The van der Waals surface area contributed by atoms with Gasteiger partial charge in [-0.1, -0.05) is 52.4 Å². The van der Waals surface area contributed by atoms with Crippen molar-refractivity contribution in [1.82, 2.24) is 0 Å². The first-order valence-electron chi connectivity index (χ1n) is 9.32. The van der Waals surface area contributed by atoms with Crippen molar-refractivity contribution >= 4 is 11.9 Å². The van der Waals surface area contributed by atoms with Crippen LogP contribution in [0, 0.1) is 5.92 Å². The molecule has 0 fully saturated rings. The molecule has 0 saturated carbocycles. The molecule has 142 valence electrons. The summed E-state index contributed by atoms with van der Waals surface area (Å²) in [6, 6.07) is 0. The Morgan fingerprint density at radius 2 is 1.50 bits per heavy atom. The zero-order valence-electron chi connectivity index (χ0n) is 16.3. The number of esters is 1. The van der Waals surface area contributed by atoms with Gasteiger partial charge in [0.1, 0.15) is 6.54 Å². The molecule has 24 heavy (non-hydrogen) atoms. The van der Waals surface area contributed by atoms with E-state index < -0.39 is 12.1 Å². The molecular formula is C19H38NO4+. The highest BCUT2D eigenvalue weighted by Crippen LogP contribution is 2.13. The highest BCUT2D eigenvalue weighted by atomic mass is 16.5. The fourth-order valence-electron chi connectivity index (χ4n) is 2.72. The number of carbonyl (C=O) groups excluding carboxylic acids is 1. The fourth-order valence-corrected chi connectivity index (χ4v) is 2.72. The van der Waals surface area contributed by atoms with Gasteiger partial charge in [-0.3, -0.25) is 9.59 Å². The van der Waals surface area contributed by atoms with Crippen LogP contribution in [-0.2, 0) is 14.3 Å². The van der Waals surface area contributed by atoms with E-state index in [2.05, 4.69) is 13.8 Å². The topological polar surface area (TPSA) is 63.6 Å². The average molecular weight is 345 g/mol. The van der Waals surface area contributed by atoms with Crippen molar-refractivity contribution in [1.29, 1.82) is 0 Å². The van der Waals surface area contributed by atoms with Crippen LogP contribution in [0.3, 0.4) is 0 Å². The van der Waals surface area contributed by atoms with Gasteiger partial charge in [0.2, 0.25) is 0 Å². The van der Waals surface area contributed by atoms with Gasteiger partial charge >= 0.3 is 11.9 Å². The van der Waals surface area contributed by atoms with Crippen LogP contribution in [0.25, 0.3) is 0 Å². The van der Waals surface area contributed by atoms with E-state index in [1.807, 2.05) is 21.1 Å². The van der Waals surface area contributed by atoms with Crippen molar-refractivity contribution in [3.05, 3.63) is 0 Å². The van der Waals surface area contributed by atoms with Crippen molar-refractivity contribution in [2.75, 3.05) is 27.7 Å². The first kappa shape index (κ1) is 22.9. The Kier molecular flexibility index (Phi) is 11.7. The molecule has 0 heterocycles. The normalized spacial score (nSPS) is 13.1. The number of rotatable bonds is 14. The molecule has 5 nitrogen and oxygen atoms in total. The Morgan fingerprint density at radius 1 is 0.958 bits per heavy atom. The van der Waals surface area contributed by atoms with Crippen molar-refractivity contribution in [2.45, 2.75) is 77.7 Å². The lowest BCUT2D eigenvalue weighted by Gasteiger charge is -2.28. The quantitative estimate of drug-likeness (QED) is 0.295. The van der Waals surface area contributed by atoms with Gasteiger partial charge in [-0.05, 0) is 12.3 Å². The maximum atomic E-state index is 11.9. The van der Waals surface area contributed by atoms with Crippen LogP contribution in [0.4, 0.5) is 0 Å². The number of carboxylic acids is 1. The van der Waals surface area contributed by atoms with Crippen LogP contribution < -0.4 is 0 Å². The van der Waals surface area contributed by atoms with Crippen molar-refractivity contribution in [3.8, 4) is 0 Å². The summed E-state index contributed by atoms with van der Waals surface area (Å²) in [6.07, 6.45) is 7.82. The monoisotopic (exact) mass is 344 g/mol. The first-order chi connectivity index (χ1) is 11.1. The minimum atomic E-state index is -0.928. The van der Waals surface area contributed by atoms with Crippen LogP contribution in [0.15, 0.2) is 0 Å². The minimum Gasteiger partial charge on any atom is -0.481 e. The van der Waals surface area contributed by atoms with Gasteiger partial charge in [0.05, 0.1) is 27.6 Å². The Hall–Kier alpha value is -1.10. The number of likely N-dealkylation sites (N-methyl/N-ethyl adjacent to an activating group) is 1. The summed E-state index contributed by atoms with van der Waals surface area (Å²) < 4.78 is 5.94. The maximum Gasteiger partial charge on any atom is 0.307 e. The Morgan fingerprint density at radius 3 is 2.00 bits per heavy atom. The summed E-state index contributed by atoms with van der Waals surface area (Å²) in [6.45, 7) is 5.01. The third-order valence-electron chi connectivity index (χ3n) is 3.86. The van der Waals surface area contributed by atoms with Gasteiger partial charge < -0.3 is 14.3 Å². The smallest absolute Gasteiger partial charge is 0.307 e. The Balaban J connectivity index is 3.86. The number of quaternary nitrogens is 1. The van der Waals surface area contributed by atoms with E-state index in [-0.39, 0.29) is 12.4 Å². The number of aliphatic carboxylic acids is 1. The molecule has 1 unspecified atom stereocenters. The predicted molar refractivity (Wildman–Crippen MR) is 96.8 cm³/mol. The largest absolute Gasteiger partial charge is 0.481 e. The molecule has 0 aromatic carbocycles. The summed E-state index contributed by atoms with van der Waals surface area (Å²) in [4.78, 5) is 22.8. The highest BCUT2D eigenvalue weighted by molar-refractivity contribution is 5.71. The molecule has 1 N–H and O–H groups in total. The van der Waals surface area contributed by atoms with Crippen molar-refractivity contribution < 1.29 is 23.9 Å². The zero-order valence-corrected chi connectivity index (χ0v) is 16.3. The predicted octanol–water partition coefficient (Wildman–Crippen LogP) is 3.86. The van der Waals surface area contributed by atoms with Gasteiger partial charge in [0.25, 0.3) is 0 Å². The van der Waals surface area contributed by atoms with Crippen LogP contribution in [-0.4, -0.2) is 55.3 Å². The zero-order chi connectivity index (χ0) is 18.6. The van der Waals surface area contributed by atoms with Gasteiger partial charge in [0.15, 0.2) is 6.10 Å². The fraction of sp³-hybridized carbons (Fsp3) is 0.895. The third-order valence-corrected chi connectivity index (χ3v) is 3.86. The van der Waals surface area contributed by atoms with E-state index in [0.29, 0.717) is 17.4 Å². The second-order valence-corrected chi connectivity index (χ2v) is 8.24. The van der Waals surface area contributed by atoms with E-state index in [1.165, 1.54) is 25.7 Å². The SMILES string of the molecule is CC(C)CCCCCCCCC(=O)OC(CC(=O)O)C[N+](C)(C)C. The average Bonchev–Trinajstić information content (AvgIpc) is 2.38. The lowest BCUT2D eigenvalue weighted by atomic mass is 10.0. The summed E-state index contributed by atoms with van der Waals surface area (Å²) in [5, 5.41) is 8.95. The molecule has 0 aliphatic heterocycles. The summed E-state index contributed by atoms with van der Waals surface area (Å²) >= 11 is 0. The van der Waals surface area contributed by atoms with Crippen LogP contribution >= 0.6 is 0 Å². The van der Waals surface area contributed by atoms with Gasteiger partial charge in [-0.2, -0.15) is 0 Å². The summed E-state index contributed by atoms with van der Waals surface area (Å²) in [5.41, 5.74) is 0. The van der Waals surface area contributed by atoms with E-state index in [1.54, 1.807) is 0 Å². The Bertz CT molecular complexity index is 361. The summed E-state index contributed by atoms with van der Waals surface area (Å²) in [7, 11) is 5.88. The van der Waals surface area contributed by atoms with E-state index in [9.17, 15) is 9.59 Å². The second-order valence-electron chi connectivity index (χ2n) is 8.24. The standard InChI is InChI=1S/C19H37NO4/c1-16(2)12-10-8-6-7-9-11-13-19(23)24-17(14-18(21)22)15-20(3,4)5/h16-17H,6-15H2,1-5H3/p+1. The van der Waals surface area contributed by atoms with Crippen LogP contribution in [0.2, 0.25) is 0 Å². The molecule has 0 saturated heterocycles. The summed E-state index contributed by atoms with van der Waals surface area (Å²) in [5.74, 6) is -0.414. The third kappa shape index (κ3) is 15.8. The number of nitrogens with zero attached hydrogens (tertiary/aromatic N) is 1. The number of hydrogen-bond donors (Lipinski definition) is 1. The van der Waals surface area contributed by atoms with Gasteiger partial charge in [-0.25, -0.2) is 0 Å². The lowest BCUT2D eigenvalue weighted by Crippen LogP contribution is -2.43. The number of carbonyl (C=O) groups is 2. The van der Waals surface area contributed by atoms with Gasteiger partial charge in [-0.15, -0.1) is 0 Å². The molecule has 5 heteroatoms. The molecule has 0 rings (SSSR count).